The first kappa shape index (κ1) is 14.8. The van der Waals surface area contributed by atoms with Gasteiger partial charge in [0.05, 0.1) is 12.5 Å². The molecule has 2 aromatic rings. The summed E-state index contributed by atoms with van der Waals surface area (Å²) in [5.74, 6) is 0.206. The molecule has 0 unspecified atom stereocenters. The molecule has 0 aromatic heterocycles. The van der Waals surface area contributed by atoms with Crippen molar-refractivity contribution in [2.75, 3.05) is 6.61 Å². The fraction of sp³-hybridized carbons (Fsp3) is 0.350. The van der Waals surface area contributed by atoms with Crippen LogP contribution in [0.3, 0.4) is 0 Å². The van der Waals surface area contributed by atoms with Crippen LogP contribution in [-0.4, -0.2) is 12.6 Å². The third kappa shape index (κ3) is 3.22. The van der Waals surface area contributed by atoms with Gasteiger partial charge in [0.15, 0.2) is 0 Å². The van der Waals surface area contributed by atoms with Crippen molar-refractivity contribution < 1.29 is 9.53 Å². The van der Waals surface area contributed by atoms with Gasteiger partial charge in [0.25, 0.3) is 0 Å². The number of aryl methyl sites for hydroxylation is 2. The maximum atomic E-state index is 12.1. The van der Waals surface area contributed by atoms with E-state index in [1.807, 2.05) is 18.2 Å². The highest BCUT2D eigenvalue weighted by Gasteiger charge is 2.36. The second-order valence-corrected chi connectivity index (χ2v) is 6.31. The van der Waals surface area contributed by atoms with E-state index in [9.17, 15) is 4.79 Å². The molecule has 114 valence electrons. The molecule has 0 N–H and O–H groups in total. The number of cyclic esters (lactones) is 1. The highest BCUT2D eigenvalue weighted by molar-refractivity contribution is 5.75. The Kier molecular flexibility index (Phi) is 4.28. The highest BCUT2D eigenvalue weighted by Crippen LogP contribution is 2.29. The summed E-state index contributed by atoms with van der Waals surface area (Å²) in [7, 11) is 0. The van der Waals surface area contributed by atoms with Crippen molar-refractivity contribution in [1.82, 2.24) is 0 Å². The van der Waals surface area contributed by atoms with Gasteiger partial charge in [-0.3, -0.25) is 4.79 Å². The molecule has 0 aliphatic carbocycles. The van der Waals surface area contributed by atoms with Crippen LogP contribution in [0.5, 0.6) is 0 Å². The Balaban J connectivity index is 1.74. The number of rotatable bonds is 4. The first-order valence-electron chi connectivity index (χ1n) is 7.90. The van der Waals surface area contributed by atoms with Gasteiger partial charge >= 0.3 is 5.97 Å². The van der Waals surface area contributed by atoms with Gasteiger partial charge in [-0.25, -0.2) is 0 Å². The van der Waals surface area contributed by atoms with Gasteiger partial charge in [-0.1, -0.05) is 48.5 Å². The smallest absolute Gasteiger partial charge is 0.309 e. The first-order valence-corrected chi connectivity index (χ1v) is 7.90. The molecular weight excluding hydrogens is 272 g/mol. The van der Waals surface area contributed by atoms with Crippen molar-refractivity contribution in [3.05, 3.63) is 70.8 Å². The SMILES string of the molecule is Cc1ccc(C[C@H]2C(=O)OC[C@@H]2Cc2ccccc2)cc1C. The van der Waals surface area contributed by atoms with E-state index in [-0.39, 0.29) is 17.8 Å². The summed E-state index contributed by atoms with van der Waals surface area (Å²) in [5.41, 5.74) is 5.07. The lowest BCUT2D eigenvalue weighted by molar-refractivity contribution is -0.141. The molecule has 1 fully saturated rings. The Bertz CT molecular complexity index is 661. The number of carbonyl (C=O) groups excluding carboxylic acids is 1. The number of ether oxygens (including phenoxy) is 1. The van der Waals surface area contributed by atoms with Gasteiger partial charge in [-0.2, -0.15) is 0 Å². The Hall–Kier alpha value is -2.09. The predicted molar refractivity (Wildman–Crippen MR) is 87.7 cm³/mol. The van der Waals surface area contributed by atoms with E-state index in [1.165, 1.54) is 22.3 Å². The van der Waals surface area contributed by atoms with Gasteiger partial charge < -0.3 is 4.74 Å². The monoisotopic (exact) mass is 294 g/mol. The summed E-state index contributed by atoms with van der Waals surface area (Å²) in [6, 6.07) is 16.8. The number of esters is 1. The van der Waals surface area contributed by atoms with E-state index < -0.39 is 0 Å². The van der Waals surface area contributed by atoms with Crippen molar-refractivity contribution in [3.63, 3.8) is 0 Å². The molecule has 2 heteroatoms. The van der Waals surface area contributed by atoms with Crippen LogP contribution in [0.1, 0.15) is 22.3 Å². The molecule has 0 saturated carbocycles. The van der Waals surface area contributed by atoms with Crippen LogP contribution < -0.4 is 0 Å². The fourth-order valence-electron chi connectivity index (χ4n) is 3.16. The molecule has 2 aromatic carbocycles. The second-order valence-electron chi connectivity index (χ2n) is 6.31. The molecule has 2 atom stereocenters. The normalized spacial score (nSPS) is 20.9. The van der Waals surface area contributed by atoms with Crippen molar-refractivity contribution in [3.8, 4) is 0 Å². The zero-order chi connectivity index (χ0) is 15.5. The van der Waals surface area contributed by atoms with Gasteiger partial charge in [0, 0.05) is 5.92 Å². The van der Waals surface area contributed by atoms with Crippen molar-refractivity contribution in [1.29, 1.82) is 0 Å². The fourth-order valence-corrected chi connectivity index (χ4v) is 3.16. The summed E-state index contributed by atoms with van der Waals surface area (Å²) in [6.45, 7) is 4.78. The van der Waals surface area contributed by atoms with E-state index in [0.717, 1.165) is 12.8 Å². The van der Waals surface area contributed by atoms with E-state index in [1.54, 1.807) is 0 Å². The number of benzene rings is 2. The Morgan fingerprint density at radius 3 is 2.45 bits per heavy atom. The number of hydrogen-bond donors (Lipinski definition) is 0. The summed E-state index contributed by atoms with van der Waals surface area (Å²) in [5, 5.41) is 0. The zero-order valence-corrected chi connectivity index (χ0v) is 13.2. The summed E-state index contributed by atoms with van der Waals surface area (Å²) in [4.78, 5) is 12.1. The minimum Gasteiger partial charge on any atom is -0.465 e. The standard InChI is InChI=1S/C20H22O2/c1-14-8-9-17(10-15(14)2)12-19-18(13-22-20(19)21)11-16-6-4-3-5-7-16/h3-10,18-19H,11-13H2,1-2H3/t18-,19+/m0/s1. The maximum absolute atomic E-state index is 12.1. The summed E-state index contributed by atoms with van der Waals surface area (Å²) < 4.78 is 5.34. The average molecular weight is 294 g/mol. The predicted octanol–water partition coefficient (Wildman–Crippen LogP) is 3.88. The Morgan fingerprint density at radius 1 is 0.955 bits per heavy atom. The molecule has 3 rings (SSSR count). The molecule has 1 aliphatic rings. The van der Waals surface area contributed by atoms with Gasteiger partial charge in [0.2, 0.25) is 0 Å². The van der Waals surface area contributed by atoms with E-state index in [0.29, 0.717) is 6.61 Å². The lowest BCUT2D eigenvalue weighted by Crippen LogP contribution is -2.20. The van der Waals surface area contributed by atoms with Crippen molar-refractivity contribution in [2.24, 2.45) is 11.8 Å². The lowest BCUT2D eigenvalue weighted by atomic mass is 9.84. The average Bonchev–Trinajstić information content (AvgIpc) is 2.85. The molecule has 1 heterocycles. The van der Waals surface area contributed by atoms with Crippen molar-refractivity contribution >= 4 is 5.97 Å². The number of carbonyl (C=O) groups is 1. The zero-order valence-electron chi connectivity index (χ0n) is 13.2. The second kappa shape index (κ2) is 6.35. The van der Waals surface area contributed by atoms with E-state index in [2.05, 4.69) is 44.2 Å². The third-order valence-corrected chi connectivity index (χ3v) is 4.68. The number of hydrogen-bond acceptors (Lipinski definition) is 2. The Labute approximate surface area is 132 Å². The molecule has 2 nitrogen and oxygen atoms in total. The van der Waals surface area contributed by atoms with Gasteiger partial charge in [-0.15, -0.1) is 0 Å². The minimum atomic E-state index is -0.0424. The third-order valence-electron chi connectivity index (χ3n) is 4.68. The largest absolute Gasteiger partial charge is 0.465 e. The molecule has 0 spiro atoms. The van der Waals surface area contributed by atoms with Gasteiger partial charge in [0.1, 0.15) is 0 Å². The van der Waals surface area contributed by atoms with Gasteiger partial charge in [-0.05, 0) is 48.9 Å². The van der Waals surface area contributed by atoms with Crippen LogP contribution in [0.4, 0.5) is 0 Å². The quantitative estimate of drug-likeness (QED) is 0.800. The minimum absolute atomic E-state index is 0.0256. The maximum Gasteiger partial charge on any atom is 0.309 e. The van der Waals surface area contributed by atoms with Crippen LogP contribution >= 0.6 is 0 Å². The highest BCUT2D eigenvalue weighted by atomic mass is 16.5. The van der Waals surface area contributed by atoms with Crippen LogP contribution in [-0.2, 0) is 22.4 Å². The molecule has 0 bridgehead atoms. The molecule has 0 radical (unpaired) electrons. The topological polar surface area (TPSA) is 26.3 Å². The van der Waals surface area contributed by atoms with Crippen LogP contribution in [0.2, 0.25) is 0 Å². The molecule has 0 amide bonds. The Morgan fingerprint density at radius 2 is 1.73 bits per heavy atom. The first-order chi connectivity index (χ1) is 10.6. The lowest BCUT2D eigenvalue weighted by Gasteiger charge is -2.16. The van der Waals surface area contributed by atoms with Crippen LogP contribution in [0, 0.1) is 25.7 Å². The molecular formula is C20H22O2. The molecule has 1 aliphatic heterocycles. The molecule has 1 saturated heterocycles. The van der Waals surface area contributed by atoms with E-state index >= 15 is 0 Å². The van der Waals surface area contributed by atoms with Crippen LogP contribution in [0.25, 0.3) is 0 Å². The summed E-state index contributed by atoms with van der Waals surface area (Å²) in [6.07, 6.45) is 1.68. The van der Waals surface area contributed by atoms with Crippen molar-refractivity contribution in [2.45, 2.75) is 26.7 Å². The molecule has 22 heavy (non-hydrogen) atoms. The van der Waals surface area contributed by atoms with Crippen LogP contribution in [0.15, 0.2) is 48.5 Å². The van der Waals surface area contributed by atoms with E-state index in [4.69, 9.17) is 4.74 Å². The summed E-state index contributed by atoms with van der Waals surface area (Å²) >= 11 is 0.